The van der Waals surface area contributed by atoms with E-state index in [4.69, 9.17) is 0 Å². The van der Waals surface area contributed by atoms with Crippen LogP contribution in [-0.2, 0) is 12.4 Å². The van der Waals surface area contributed by atoms with Crippen molar-refractivity contribution in [2.75, 3.05) is 0 Å². The number of hydrogen-bond acceptors (Lipinski definition) is 2. The van der Waals surface area contributed by atoms with Gasteiger partial charge in [0.15, 0.2) is 5.76 Å². The summed E-state index contributed by atoms with van der Waals surface area (Å²) in [6.07, 6.45) is -7.15. The maximum absolute atomic E-state index is 12.6. The largest absolute Gasteiger partial charge is 0.432 e. The molecule has 2 aromatic rings. The molecule has 0 amide bonds. The van der Waals surface area contributed by atoms with Gasteiger partial charge in [0.1, 0.15) is 0 Å². The first-order chi connectivity index (χ1) is 8.69. The highest BCUT2D eigenvalue weighted by Gasteiger charge is 2.43. The van der Waals surface area contributed by atoms with Crippen molar-refractivity contribution in [1.29, 1.82) is 0 Å². The van der Waals surface area contributed by atoms with Crippen molar-refractivity contribution < 1.29 is 30.8 Å². The minimum absolute atomic E-state index is 0.0979. The monoisotopic (exact) mass is 280 g/mol. The third-order valence-electron chi connectivity index (χ3n) is 2.30. The van der Waals surface area contributed by atoms with Crippen molar-refractivity contribution >= 4 is 0 Å². The molecule has 0 aliphatic carbocycles. The molecule has 0 atom stereocenters. The van der Waals surface area contributed by atoms with Gasteiger partial charge in [0, 0.05) is 5.56 Å². The zero-order valence-corrected chi connectivity index (χ0v) is 8.93. The van der Waals surface area contributed by atoms with Crippen molar-refractivity contribution in [1.82, 2.24) is 4.98 Å². The molecular formula is C11H4F6NO. The molecule has 0 fully saturated rings. The van der Waals surface area contributed by atoms with Gasteiger partial charge in [0.25, 0.3) is 6.39 Å². The first kappa shape index (κ1) is 13.4. The molecule has 0 aliphatic heterocycles. The van der Waals surface area contributed by atoms with Crippen LogP contribution in [0, 0.1) is 6.39 Å². The van der Waals surface area contributed by atoms with E-state index in [-0.39, 0.29) is 11.3 Å². The van der Waals surface area contributed by atoms with E-state index < -0.39 is 23.5 Å². The average molecular weight is 280 g/mol. The van der Waals surface area contributed by atoms with Crippen LogP contribution in [-0.4, -0.2) is 4.98 Å². The molecule has 0 aliphatic rings. The van der Waals surface area contributed by atoms with Crippen molar-refractivity contribution in [3.8, 4) is 11.3 Å². The van der Waals surface area contributed by atoms with Gasteiger partial charge in [-0.3, -0.25) is 0 Å². The van der Waals surface area contributed by atoms with Gasteiger partial charge in [0.2, 0.25) is 0 Å². The summed E-state index contributed by atoms with van der Waals surface area (Å²) in [7, 11) is 0. The Bertz CT molecular complexity index is 570. The third-order valence-corrected chi connectivity index (χ3v) is 2.30. The Morgan fingerprint density at radius 2 is 1.58 bits per heavy atom. The molecular weight excluding hydrogens is 276 g/mol. The molecule has 2 rings (SSSR count). The van der Waals surface area contributed by atoms with Crippen LogP contribution in [0.15, 0.2) is 28.8 Å². The van der Waals surface area contributed by atoms with Gasteiger partial charge in [-0.15, -0.1) is 0 Å². The van der Waals surface area contributed by atoms with Crippen LogP contribution in [0.1, 0.15) is 11.1 Å². The quantitative estimate of drug-likeness (QED) is 0.732. The molecule has 1 heterocycles. The van der Waals surface area contributed by atoms with E-state index in [9.17, 15) is 26.3 Å². The summed E-state index contributed by atoms with van der Waals surface area (Å²) in [5.41, 5.74) is -3.67. The summed E-state index contributed by atoms with van der Waals surface area (Å²) >= 11 is 0. The Morgan fingerprint density at radius 3 is 2.05 bits per heavy atom. The summed E-state index contributed by atoms with van der Waals surface area (Å²) in [6.45, 7) is 0. The van der Waals surface area contributed by atoms with E-state index in [0.717, 1.165) is 12.3 Å². The molecule has 1 aromatic heterocycles. The van der Waals surface area contributed by atoms with Gasteiger partial charge < -0.3 is 4.42 Å². The lowest BCUT2D eigenvalue weighted by molar-refractivity contribution is -0.162. The smallest absolute Gasteiger partial charge is 0.417 e. The number of alkyl halides is 6. The first-order valence-corrected chi connectivity index (χ1v) is 4.80. The second-order valence-corrected chi connectivity index (χ2v) is 3.57. The summed E-state index contributed by atoms with van der Waals surface area (Å²) in [5.74, 6) is -0.0979. The van der Waals surface area contributed by atoms with Crippen LogP contribution in [0.25, 0.3) is 11.3 Å². The summed E-state index contributed by atoms with van der Waals surface area (Å²) < 4.78 is 80.1. The highest BCUT2D eigenvalue weighted by molar-refractivity contribution is 5.59. The summed E-state index contributed by atoms with van der Waals surface area (Å²) in [6, 6.07) is 1.62. The Labute approximate surface area is 102 Å². The van der Waals surface area contributed by atoms with E-state index in [1.165, 1.54) is 0 Å². The van der Waals surface area contributed by atoms with Gasteiger partial charge in [-0.1, -0.05) is 6.07 Å². The minimum atomic E-state index is -5.12. The van der Waals surface area contributed by atoms with E-state index in [2.05, 4.69) is 9.40 Å². The number of aromatic nitrogens is 1. The topological polar surface area (TPSA) is 26.0 Å². The fourth-order valence-corrected chi connectivity index (χ4v) is 1.50. The zero-order valence-electron chi connectivity index (χ0n) is 8.93. The van der Waals surface area contributed by atoms with E-state index in [0.29, 0.717) is 12.1 Å². The number of hydrogen-bond donors (Lipinski definition) is 0. The lowest BCUT2D eigenvalue weighted by atomic mass is 10.0. The molecule has 101 valence electrons. The van der Waals surface area contributed by atoms with Crippen LogP contribution >= 0.6 is 0 Å². The van der Waals surface area contributed by atoms with Crippen LogP contribution in [0.2, 0.25) is 0 Å². The van der Waals surface area contributed by atoms with Crippen LogP contribution in [0.3, 0.4) is 0 Å². The molecule has 2 nitrogen and oxygen atoms in total. The Kier molecular flexibility index (Phi) is 3.03. The molecule has 0 spiro atoms. The number of oxazole rings is 1. The molecule has 0 saturated carbocycles. The van der Waals surface area contributed by atoms with Gasteiger partial charge in [-0.05, 0) is 12.1 Å². The SMILES string of the molecule is FC(F)(F)c1ccc(-c2cn[c]o2)cc1C(F)(F)F. The lowest BCUT2D eigenvalue weighted by Gasteiger charge is -2.15. The zero-order chi connectivity index (χ0) is 14.3. The highest BCUT2D eigenvalue weighted by Crippen LogP contribution is 2.41. The average Bonchev–Trinajstić information content (AvgIpc) is 2.79. The van der Waals surface area contributed by atoms with Gasteiger partial charge in [-0.2, -0.15) is 26.3 Å². The Morgan fingerprint density at radius 1 is 0.947 bits per heavy atom. The molecule has 0 bridgehead atoms. The van der Waals surface area contributed by atoms with Gasteiger partial charge in [-0.25, -0.2) is 4.98 Å². The van der Waals surface area contributed by atoms with Crippen LogP contribution in [0.5, 0.6) is 0 Å². The molecule has 8 heteroatoms. The number of nitrogens with zero attached hydrogens (tertiary/aromatic N) is 1. The molecule has 0 saturated heterocycles. The van der Waals surface area contributed by atoms with E-state index in [1.54, 1.807) is 0 Å². The molecule has 19 heavy (non-hydrogen) atoms. The van der Waals surface area contributed by atoms with Gasteiger partial charge >= 0.3 is 12.4 Å². The second kappa shape index (κ2) is 4.29. The lowest BCUT2D eigenvalue weighted by Crippen LogP contribution is -2.16. The third kappa shape index (κ3) is 2.72. The molecule has 1 radical (unpaired) electrons. The fourth-order valence-electron chi connectivity index (χ4n) is 1.50. The van der Waals surface area contributed by atoms with Crippen molar-refractivity contribution in [2.24, 2.45) is 0 Å². The van der Waals surface area contributed by atoms with Crippen molar-refractivity contribution in [2.45, 2.75) is 12.4 Å². The van der Waals surface area contributed by atoms with Gasteiger partial charge in [0.05, 0.1) is 17.3 Å². The Hall–Kier alpha value is -1.99. The normalized spacial score (nSPS) is 12.7. The van der Waals surface area contributed by atoms with E-state index >= 15 is 0 Å². The maximum atomic E-state index is 12.6. The fraction of sp³-hybridized carbons (Fsp3) is 0.182. The van der Waals surface area contributed by atoms with Crippen LogP contribution < -0.4 is 0 Å². The van der Waals surface area contributed by atoms with Crippen molar-refractivity contribution in [3.05, 3.63) is 41.9 Å². The summed E-state index contributed by atoms with van der Waals surface area (Å²) in [4.78, 5) is 3.37. The predicted molar refractivity (Wildman–Crippen MR) is 50.8 cm³/mol. The molecule has 0 unspecified atom stereocenters. The molecule has 1 aromatic carbocycles. The molecule has 0 N–H and O–H groups in total. The highest BCUT2D eigenvalue weighted by atomic mass is 19.4. The second-order valence-electron chi connectivity index (χ2n) is 3.57. The Balaban J connectivity index is 2.61. The number of rotatable bonds is 1. The summed E-state index contributed by atoms with van der Waals surface area (Å²) in [5, 5.41) is 0. The van der Waals surface area contributed by atoms with Crippen molar-refractivity contribution in [3.63, 3.8) is 0 Å². The predicted octanol–water partition coefficient (Wildman–Crippen LogP) is 4.18. The minimum Gasteiger partial charge on any atom is -0.432 e. The standard InChI is InChI=1S/C11H4F6NO/c12-10(13,14)7-2-1-6(9-4-18-5-19-9)3-8(7)11(15,16)17/h1-4H. The number of benzene rings is 1. The first-order valence-electron chi connectivity index (χ1n) is 4.80. The van der Waals surface area contributed by atoms with Crippen LogP contribution in [0.4, 0.5) is 26.3 Å². The van der Waals surface area contributed by atoms with E-state index in [1.807, 2.05) is 6.39 Å². The number of halogens is 6. The maximum Gasteiger partial charge on any atom is 0.417 e.